The Morgan fingerprint density at radius 2 is 2.07 bits per heavy atom. The van der Waals surface area contributed by atoms with Crippen molar-refractivity contribution >= 4 is 34.0 Å². The Bertz CT molecular complexity index is 1250. The number of pyridine rings is 1. The van der Waals surface area contributed by atoms with Gasteiger partial charge >= 0.3 is 6.09 Å². The summed E-state index contributed by atoms with van der Waals surface area (Å²) in [5.74, 6) is 0.441. The minimum atomic E-state index is -0.605. The summed E-state index contributed by atoms with van der Waals surface area (Å²) in [6, 6.07) is 10.1. The number of anilines is 1. The van der Waals surface area contributed by atoms with Gasteiger partial charge in [-0.15, -0.1) is 0 Å². The van der Waals surface area contributed by atoms with E-state index < -0.39 is 11.7 Å². The van der Waals surface area contributed by atoms with Crippen LogP contribution in [0.2, 0.25) is 0 Å². The lowest BCUT2D eigenvalue weighted by atomic mass is 10.1. The summed E-state index contributed by atoms with van der Waals surface area (Å²) in [4.78, 5) is 26.7. The molecule has 8 nitrogen and oxygen atoms in total. The molecule has 156 valence electrons. The zero-order chi connectivity index (χ0) is 21.6. The van der Waals surface area contributed by atoms with Gasteiger partial charge in [0.15, 0.2) is 5.82 Å². The molecule has 3 N–H and O–H groups in total. The number of hydrogen-bond acceptors (Lipinski definition) is 5. The number of carbonyl (C=O) groups excluding carboxylic acids is 1. The molecule has 8 heteroatoms. The maximum Gasteiger partial charge on any atom is 0.415 e. The van der Waals surface area contributed by atoms with Crippen molar-refractivity contribution in [2.75, 3.05) is 11.9 Å². The lowest BCUT2D eigenvalue weighted by molar-refractivity contribution is 0.0589. The third kappa shape index (κ3) is 3.50. The van der Waals surface area contributed by atoms with Crippen molar-refractivity contribution in [2.45, 2.75) is 32.9 Å². The number of nitrogens with one attached hydrogen (secondary N) is 1. The number of ether oxygens (including phenoxy) is 1. The van der Waals surface area contributed by atoms with Crippen LogP contribution in [-0.2, 0) is 18.3 Å². The number of carbonyl (C=O) groups is 1. The molecule has 0 aliphatic heterocycles. The van der Waals surface area contributed by atoms with Crippen LogP contribution < -0.4 is 10.6 Å². The zero-order valence-electron chi connectivity index (χ0n) is 17.9. The zero-order valence-corrected chi connectivity index (χ0v) is 17.9. The van der Waals surface area contributed by atoms with E-state index in [2.05, 4.69) is 22.1 Å². The lowest BCUT2D eigenvalue weighted by Crippen LogP contribution is -2.34. The third-order valence-corrected chi connectivity index (χ3v) is 4.88. The summed E-state index contributed by atoms with van der Waals surface area (Å²) in [6.45, 7) is 5.97. The van der Waals surface area contributed by atoms with E-state index in [-0.39, 0.29) is 0 Å². The summed E-state index contributed by atoms with van der Waals surface area (Å²) in [6.07, 6.45) is 1.24. The molecule has 0 spiro atoms. The van der Waals surface area contributed by atoms with Crippen LogP contribution in [0.1, 0.15) is 26.3 Å². The second kappa shape index (κ2) is 7.14. The van der Waals surface area contributed by atoms with Crippen molar-refractivity contribution in [3.8, 4) is 11.3 Å². The Morgan fingerprint density at radius 1 is 1.30 bits per heavy atom. The van der Waals surface area contributed by atoms with Gasteiger partial charge in [0.05, 0.1) is 11.8 Å². The summed E-state index contributed by atoms with van der Waals surface area (Å²) < 4.78 is 7.44. The number of benzene rings is 1. The number of rotatable bonds is 3. The number of nitrogens with zero attached hydrogens (tertiary/aromatic N) is 4. The van der Waals surface area contributed by atoms with Gasteiger partial charge in [-0.25, -0.2) is 14.8 Å². The number of hydrogen-bond donors (Lipinski definition) is 2. The number of aromatic nitrogens is 4. The second-order valence-electron chi connectivity index (χ2n) is 8.38. The van der Waals surface area contributed by atoms with E-state index >= 15 is 0 Å². The molecule has 0 atom stereocenters. The Balaban J connectivity index is 1.87. The normalized spacial score (nSPS) is 11.9. The maximum absolute atomic E-state index is 12.6. The number of fused-ring (bicyclic) bond motifs is 3. The molecule has 0 saturated heterocycles. The second-order valence-corrected chi connectivity index (χ2v) is 8.38. The molecule has 0 fully saturated rings. The number of amides is 1. The van der Waals surface area contributed by atoms with E-state index in [1.54, 1.807) is 13.4 Å². The average Bonchev–Trinajstić information content (AvgIpc) is 3.29. The van der Waals surface area contributed by atoms with Crippen molar-refractivity contribution in [3.05, 3.63) is 42.2 Å². The van der Waals surface area contributed by atoms with Gasteiger partial charge in [-0.2, -0.15) is 0 Å². The molecule has 1 amide bonds. The highest BCUT2D eigenvalue weighted by atomic mass is 16.6. The molecule has 0 aliphatic rings. The maximum atomic E-state index is 12.6. The van der Waals surface area contributed by atoms with Gasteiger partial charge in [0.1, 0.15) is 16.8 Å². The van der Waals surface area contributed by atoms with Crippen molar-refractivity contribution in [3.63, 3.8) is 0 Å². The predicted octanol–water partition coefficient (Wildman–Crippen LogP) is 3.95. The third-order valence-electron chi connectivity index (χ3n) is 4.88. The van der Waals surface area contributed by atoms with Crippen LogP contribution in [0.25, 0.3) is 33.3 Å². The van der Waals surface area contributed by atoms with Crippen LogP contribution in [0.4, 0.5) is 10.6 Å². The molecule has 0 bridgehead atoms. The van der Waals surface area contributed by atoms with Crippen LogP contribution in [0.5, 0.6) is 0 Å². The molecule has 4 aromatic rings. The Labute approximate surface area is 174 Å². The first-order valence-corrected chi connectivity index (χ1v) is 9.78. The molecule has 3 heterocycles. The van der Waals surface area contributed by atoms with Crippen LogP contribution in [0.3, 0.4) is 0 Å². The predicted molar refractivity (Wildman–Crippen MR) is 118 cm³/mol. The van der Waals surface area contributed by atoms with Gasteiger partial charge in [-0.3, -0.25) is 4.90 Å². The van der Waals surface area contributed by atoms with Crippen LogP contribution in [0, 0.1) is 0 Å². The molecule has 0 saturated carbocycles. The first-order chi connectivity index (χ1) is 14.2. The highest BCUT2D eigenvalue weighted by Gasteiger charge is 2.25. The van der Waals surface area contributed by atoms with E-state index in [1.165, 1.54) is 4.90 Å². The highest BCUT2D eigenvalue weighted by Crippen LogP contribution is 2.33. The number of H-pyrrole nitrogens is 1. The van der Waals surface area contributed by atoms with Crippen LogP contribution in [0.15, 0.2) is 36.7 Å². The summed E-state index contributed by atoms with van der Waals surface area (Å²) in [5.41, 5.74) is 10.4. The fourth-order valence-electron chi connectivity index (χ4n) is 3.45. The number of aryl methyl sites for hydroxylation is 1. The Kier molecular flexibility index (Phi) is 4.74. The molecule has 0 radical (unpaired) electrons. The average molecular weight is 406 g/mol. The molecule has 30 heavy (non-hydrogen) atoms. The number of imidazole rings is 1. The number of nitrogens with two attached hydrogens (primary N) is 1. The Hall–Kier alpha value is -3.39. The first-order valence-electron chi connectivity index (χ1n) is 9.78. The SMILES string of the molecule is CN(C(=O)OC(C)(C)C)c1nc2[nH]c(-c3cccc(CN)c3)cc2c2c1ncn2C. The largest absolute Gasteiger partial charge is 0.443 e. The highest BCUT2D eigenvalue weighted by molar-refractivity contribution is 6.09. The Morgan fingerprint density at radius 3 is 2.77 bits per heavy atom. The van der Waals surface area contributed by atoms with Gasteiger partial charge in [-0.05, 0) is 44.0 Å². The van der Waals surface area contributed by atoms with Gasteiger partial charge in [0, 0.05) is 31.7 Å². The molecular weight excluding hydrogens is 380 g/mol. The van der Waals surface area contributed by atoms with Crippen LogP contribution >= 0.6 is 0 Å². The van der Waals surface area contributed by atoms with Crippen molar-refractivity contribution < 1.29 is 9.53 Å². The monoisotopic (exact) mass is 406 g/mol. The molecule has 3 aromatic heterocycles. The molecule has 0 aliphatic carbocycles. The smallest absolute Gasteiger partial charge is 0.415 e. The van der Waals surface area contributed by atoms with E-state index in [0.29, 0.717) is 23.5 Å². The minimum Gasteiger partial charge on any atom is -0.443 e. The van der Waals surface area contributed by atoms with Crippen molar-refractivity contribution in [1.29, 1.82) is 0 Å². The standard InChI is InChI=1S/C22H26N6O2/c1-22(2,3)30-21(29)28(5)20-17-18(27(4)12-24-17)15-10-16(25-19(15)26-20)14-8-6-7-13(9-14)11-23/h6-10,12H,11,23H2,1-5H3,(H,25,26). The van der Waals surface area contributed by atoms with Crippen molar-refractivity contribution in [2.24, 2.45) is 12.8 Å². The summed E-state index contributed by atoms with van der Waals surface area (Å²) in [7, 11) is 3.57. The molecule has 0 unspecified atom stereocenters. The molecule has 1 aromatic carbocycles. The fraction of sp³-hybridized carbons (Fsp3) is 0.318. The van der Waals surface area contributed by atoms with E-state index in [4.69, 9.17) is 15.5 Å². The van der Waals surface area contributed by atoms with Gasteiger partial charge in [-0.1, -0.05) is 18.2 Å². The molecule has 4 rings (SSSR count). The van der Waals surface area contributed by atoms with Gasteiger partial charge in [0.2, 0.25) is 0 Å². The lowest BCUT2D eigenvalue weighted by Gasteiger charge is -2.24. The van der Waals surface area contributed by atoms with Gasteiger partial charge in [0.25, 0.3) is 0 Å². The fourth-order valence-corrected chi connectivity index (χ4v) is 3.45. The topological polar surface area (TPSA) is 102 Å². The van der Waals surface area contributed by atoms with Gasteiger partial charge < -0.3 is 20.0 Å². The van der Waals surface area contributed by atoms with E-state index in [0.717, 1.165) is 27.7 Å². The van der Waals surface area contributed by atoms with Crippen molar-refractivity contribution in [1.82, 2.24) is 19.5 Å². The number of aromatic amines is 1. The summed E-state index contributed by atoms with van der Waals surface area (Å²) in [5, 5.41) is 0.930. The molecular formula is C22H26N6O2. The quantitative estimate of drug-likeness (QED) is 0.536. The minimum absolute atomic E-state index is 0.441. The van der Waals surface area contributed by atoms with E-state index in [9.17, 15) is 4.79 Å². The first kappa shape index (κ1) is 19.9. The van der Waals surface area contributed by atoms with E-state index in [1.807, 2.05) is 50.6 Å². The van der Waals surface area contributed by atoms with Crippen LogP contribution in [-0.4, -0.2) is 38.3 Å². The summed E-state index contributed by atoms with van der Waals surface area (Å²) >= 11 is 0.